The van der Waals surface area contributed by atoms with Gasteiger partial charge in [0.15, 0.2) is 11.6 Å². The van der Waals surface area contributed by atoms with Crippen molar-refractivity contribution < 1.29 is 47.4 Å². The van der Waals surface area contributed by atoms with Crippen molar-refractivity contribution in [2.75, 3.05) is 20.8 Å². The van der Waals surface area contributed by atoms with E-state index in [0.29, 0.717) is 11.1 Å². The number of hydrogen-bond acceptors (Lipinski definition) is 8. The number of benzene rings is 5. The summed E-state index contributed by atoms with van der Waals surface area (Å²) >= 11 is 6.67. The Kier molecular flexibility index (Phi) is 12.5. The van der Waals surface area contributed by atoms with Gasteiger partial charge in [0.1, 0.15) is 18.3 Å². The summed E-state index contributed by atoms with van der Waals surface area (Å²) in [7, 11) is 2.63. The van der Waals surface area contributed by atoms with Gasteiger partial charge in [0.05, 0.1) is 33.5 Å². The maximum absolute atomic E-state index is 15.2. The number of ether oxygens (including phenoxy) is 6. The first-order valence-corrected chi connectivity index (χ1v) is 17.4. The van der Waals surface area contributed by atoms with E-state index in [9.17, 15) is 14.6 Å². The van der Waals surface area contributed by atoms with Gasteiger partial charge in [0.2, 0.25) is 17.4 Å². The Hall–Kier alpha value is -4.23. The van der Waals surface area contributed by atoms with Crippen molar-refractivity contribution in [1.29, 1.82) is 0 Å². The van der Waals surface area contributed by atoms with Crippen molar-refractivity contribution in [3.8, 4) is 5.75 Å². The molecular weight excluding hydrogens is 706 g/mol. The van der Waals surface area contributed by atoms with Crippen LogP contribution in [0.5, 0.6) is 5.75 Å². The molecule has 5 aromatic rings. The van der Waals surface area contributed by atoms with Crippen molar-refractivity contribution in [2.24, 2.45) is 0 Å². The summed E-state index contributed by atoms with van der Waals surface area (Å²) in [6.07, 6.45) is -3.70. The zero-order chi connectivity index (χ0) is 37.4. The number of methoxy groups -OCH3 is 2. The third-order valence-electron chi connectivity index (χ3n) is 9.28. The lowest BCUT2D eigenvalue weighted by Crippen LogP contribution is -2.71. The molecule has 0 amide bonds. The highest BCUT2D eigenvalue weighted by molar-refractivity contribution is 6.31. The van der Waals surface area contributed by atoms with Gasteiger partial charge in [-0.15, -0.1) is 0 Å². The number of halogens is 3. The fourth-order valence-corrected chi connectivity index (χ4v) is 6.71. The van der Waals surface area contributed by atoms with Crippen LogP contribution < -0.4 is 4.74 Å². The minimum Gasteiger partial charge on any atom is -0.494 e. The summed E-state index contributed by atoms with van der Waals surface area (Å²) in [5, 5.41) is 23.4. The largest absolute Gasteiger partial charge is 0.494 e. The second-order valence-electron chi connectivity index (χ2n) is 12.7. The fraction of sp³-hybridized carbons (Fsp3) is 0.286. The Bertz CT molecular complexity index is 1940. The van der Waals surface area contributed by atoms with Crippen LogP contribution in [0, 0.1) is 11.6 Å². The van der Waals surface area contributed by atoms with Crippen LogP contribution in [0.1, 0.15) is 33.4 Å². The summed E-state index contributed by atoms with van der Waals surface area (Å²) < 4.78 is 67.3. The smallest absolute Gasteiger partial charge is 0.227 e. The molecule has 0 saturated carbocycles. The molecule has 2 N–H and O–H groups in total. The first-order chi connectivity index (χ1) is 25.7. The quantitative estimate of drug-likeness (QED) is 0.114. The Morgan fingerprint density at radius 3 is 1.75 bits per heavy atom. The Labute approximate surface area is 312 Å². The van der Waals surface area contributed by atoms with E-state index in [4.69, 9.17) is 40.0 Å². The van der Waals surface area contributed by atoms with Crippen molar-refractivity contribution >= 4 is 11.6 Å². The van der Waals surface area contributed by atoms with Gasteiger partial charge >= 0.3 is 0 Å². The van der Waals surface area contributed by atoms with Crippen molar-refractivity contribution in [1.82, 2.24) is 0 Å². The molecule has 0 spiro atoms. The lowest BCUT2D eigenvalue weighted by atomic mass is 9.84. The number of hydrogen-bond donors (Lipinski definition) is 2. The van der Waals surface area contributed by atoms with Crippen LogP contribution in [0.3, 0.4) is 0 Å². The fourth-order valence-electron chi connectivity index (χ4n) is 6.52. The van der Waals surface area contributed by atoms with Crippen LogP contribution in [-0.2, 0) is 55.7 Å². The molecule has 6 rings (SSSR count). The Balaban J connectivity index is 1.46. The van der Waals surface area contributed by atoms with Gasteiger partial charge in [-0.2, -0.15) is 4.39 Å². The average Bonchev–Trinajstić information content (AvgIpc) is 3.19. The van der Waals surface area contributed by atoms with Crippen LogP contribution >= 0.6 is 11.6 Å². The molecule has 1 aliphatic rings. The van der Waals surface area contributed by atoms with E-state index in [1.54, 1.807) is 18.2 Å². The zero-order valence-electron chi connectivity index (χ0n) is 29.3. The van der Waals surface area contributed by atoms with E-state index in [0.717, 1.165) is 16.7 Å². The summed E-state index contributed by atoms with van der Waals surface area (Å²) in [5.74, 6) is -6.80. The highest BCUT2D eigenvalue weighted by Gasteiger charge is 2.64. The molecule has 1 saturated heterocycles. The molecule has 0 unspecified atom stereocenters. The predicted octanol–water partition coefficient (Wildman–Crippen LogP) is 7.48. The maximum atomic E-state index is 15.2. The molecule has 1 heterocycles. The lowest BCUT2D eigenvalue weighted by Gasteiger charge is -2.54. The Morgan fingerprint density at radius 2 is 1.23 bits per heavy atom. The molecule has 5 atom stereocenters. The molecule has 0 aliphatic carbocycles. The van der Waals surface area contributed by atoms with Gasteiger partial charge in [0, 0.05) is 24.1 Å². The molecule has 53 heavy (non-hydrogen) atoms. The highest BCUT2D eigenvalue weighted by Crippen LogP contribution is 2.47. The van der Waals surface area contributed by atoms with E-state index in [-0.39, 0.29) is 42.6 Å². The van der Waals surface area contributed by atoms with Gasteiger partial charge in [-0.25, -0.2) is 4.39 Å². The van der Waals surface area contributed by atoms with Crippen molar-refractivity contribution in [3.63, 3.8) is 0 Å². The zero-order valence-corrected chi connectivity index (χ0v) is 30.0. The third kappa shape index (κ3) is 8.46. The van der Waals surface area contributed by atoms with Crippen LogP contribution in [-0.4, -0.2) is 55.1 Å². The second kappa shape index (κ2) is 17.3. The van der Waals surface area contributed by atoms with Crippen LogP contribution in [0.25, 0.3) is 0 Å². The number of rotatable bonds is 15. The SMILES string of the molecule is COc1ccc(Cc2cc([C@]3(OC)O[C@](O)(CO)[C@@H](OCc4ccccc4)[C@H](OCc4ccccc4)[C@H]3OCc3ccccc3)ccc2Cl)c(F)c1F. The lowest BCUT2D eigenvalue weighted by molar-refractivity contribution is -0.457. The molecule has 0 aromatic heterocycles. The molecule has 8 nitrogen and oxygen atoms in total. The van der Waals surface area contributed by atoms with Crippen LogP contribution in [0.15, 0.2) is 121 Å². The second-order valence-corrected chi connectivity index (χ2v) is 13.1. The normalized spacial score (nSPS) is 22.8. The summed E-state index contributed by atoms with van der Waals surface area (Å²) in [5.41, 5.74) is 3.20. The van der Waals surface area contributed by atoms with E-state index in [1.165, 1.54) is 26.4 Å². The van der Waals surface area contributed by atoms with Gasteiger partial charge < -0.3 is 38.6 Å². The van der Waals surface area contributed by atoms with Crippen molar-refractivity contribution in [3.05, 3.63) is 171 Å². The van der Waals surface area contributed by atoms with Gasteiger partial charge in [-0.3, -0.25) is 0 Å². The molecule has 1 fully saturated rings. The summed E-state index contributed by atoms with van der Waals surface area (Å²) in [6, 6.07) is 35.8. The molecule has 1 aliphatic heterocycles. The Morgan fingerprint density at radius 1 is 0.679 bits per heavy atom. The van der Waals surface area contributed by atoms with E-state index in [1.807, 2.05) is 91.0 Å². The van der Waals surface area contributed by atoms with Crippen LogP contribution in [0.4, 0.5) is 8.78 Å². The van der Waals surface area contributed by atoms with E-state index in [2.05, 4.69) is 0 Å². The van der Waals surface area contributed by atoms with Crippen molar-refractivity contribution in [2.45, 2.75) is 56.1 Å². The molecule has 0 bridgehead atoms. The van der Waals surface area contributed by atoms with E-state index >= 15 is 4.39 Å². The topological polar surface area (TPSA) is 95.8 Å². The van der Waals surface area contributed by atoms with E-state index < -0.39 is 48.1 Å². The number of aliphatic hydroxyl groups excluding tert-OH is 1. The summed E-state index contributed by atoms with van der Waals surface area (Å²) in [6.45, 7) is -0.712. The molecule has 0 radical (unpaired) electrons. The first kappa shape index (κ1) is 38.5. The highest BCUT2D eigenvalue weighted by atomic mass is 35.5. The predicted molar refractivity (Wildman–Crippen MR) is 194 cm³/mol. The molecule has 11 heteroatoms. The summed E-state index contributed by atoms with van der Waals surface area (Å²) in [4.78, 5) is 0. The molecule has 5 aromatic carbocycles. The minimum atomic E-state index is -2.40. The third-order valence-corrected chi connectivity index (χ3v) is 9.65. The minimum absolute atomic E-state index is 0.0283. The standard InChI is InChI=1S/C42H41ClF2O8/c1-48-35-21-18-31(36(44)37(35)45)22-32-23-33(19-20-34(32)43)42(49-2)40(52-26-30-16-10-5-11-17-30)38(50-24-28-12-6-3-7-13-28)39(41(47,27-46)53-42)51-25-29-14-8-4-9-15-29/h3-21,23,38-40,46-47H,22,24-27H2,1-2H3/t38-,39-,40+,41+,42-/m0/s1. The average molecular weight is 747 g/mol. The van der Waals surface area contributed by atoms with Crippen LogP contribution in [0.2, 0.25) is 5.02 Å². The molecular formula is C42H41ClF2O8. The van der Waals surface area contributed by atoms with Gasteiger partial charge in [-0.05, 0) is 46.0 Å². The first-order valence-electron chi connectivity index (χ1n) is 17.1. The maximum Gasteiger partial charge on any atom is 0.227 e. The van der Waals surface area contributed by atoms with Gasteiger partial charge in [0.25, 0.3) is 0 Å². The number of aliphatic hydroxyl groups is 2. The van der Waals surface area contributed by atoms with Gasteiger partial charge in [-0.1, -0.05) is 115 Å². The monoisotopic (exact) mass is 746 g/mol. The molecule has 278 valence electrons.